The standard InChI is InChI=1S/C14H17FN2OS/c1-9(2)13-12(8-18)19-14(16-13)17(3)11-7-5-4-6-10(11)15/h4-7,9,18H,8H2,1-3H3. The van der Waals surface area contributed by atoms with Crippen LogP contribution < -0.4 is 4.90 Å². The van der Waals surface area contributed by atoms with Crippen LogP contribution in [-0.2, 0) is 6.61 Å². The summed E-state index contributed by atoms with van der Waals surface area (Å²) in [6, 6.07) is 6.59. The second kappa shape index (κ2) is 5.67. The number of anilines is 2. The third kappa shape index (κ3) is 2.77. The summed E-state index contributed by atoms with van der Waals surface area (Å²) in [5, 5.41) is 10.1. The van der Waals surface area contributed by atoms with Crippen LogP contribution in [0.5, 0.6) is 0 Å². The molecule has 0 spiro atoms. The topological polar surface area (TPSA) is 36.4 Å². The first-order valence-corrected chi connectivity index (χ1v) is 6.95. The van der Waals surface area contributed by atoms with Crippen LogP contribution in [-0.4, -0.2) is 17.1 Å². The van der Waals surface area contributed by atoms with E-state index in [9.17, 15) is 9.50 Å². The van der Waals surface area contributed by atoms with E-state index in [0.717, 1.165) is 10.6 Å². The van der Waals surface area contributed by atoms with Gasteiger partial charge in [0.1, 0.15) is 5.82 Å². The number of para-hydroxylation sites is 1. The molecule has 0 bridgehead atoms. The van der Waals surface area contributed by atoms with Gasteiger partial charge in [-0.2, -0.15) is 0 Å². The van der Waals surface area contributed by atoms with E-state index in [1.54, 1.807) is 30.1 Å². The normalized spacial score (nSPS) is 11.1. The zero-order valence-electron chi connectivity index (χ0n) is 11.2. The largest absolute Gasteiger partial charge is 0.391 e. The molecule has 1 heterocycles. The van der Waals surface area contributed by atoms with Gasteiger partial charge in [-0.15, -0.1) is 0 Å². The molecule has 0 unspecified atom stereocenters. The number of aliphatic hydroxyl groups is 1. The summed E-state index contributed by atoms with van der Waals surface area (Å²) in [6.07, 6.45) is 0. The van der Waals surface area contributed by atoms with Gasteiger partial charge >= 0.3 is 0 Å². The molecular weight excluding hydrogens is 263 g/mol. The molecule has 0 saturated carbocycles. The first kappa shape index (κ1) is 14.0. The van der Waals surface area contributed by atoms with E-state index in [-0.39, 0.29) is 18.3 Å². The molecule has 0 aliphatic heterocycles. The van der Waals surface area contributed by atoms with Crippen LogP contribution in [0.25, 0.3) is 0 Å². The molecule has 102 valence electrons. The molecular formula is C14H17FN2OS. The number of hydrogen-bond donors (Lipinski definition) is 1. The lowest BCUT2D eigenvalue weighted by atomic mass is 10.1. The molecule has 1 N–H and O–H groups in total. The van der Waals surface area contributed by atoms with E-state index in [4.69, 9.17) is 0 Å². The molecule has 0 fully saturated rings. The first-order chi connectivity index (χ1) is 9.04. The van der Waals surface area contributed by atoms with Crippen LogP contribution in [0.15, 0.2) is 24.3 Å². The molecule has 1 aromatic carbocycles. The van der Waals surface area contributed by atoms with Crippen molar-refractivity contribution < 1.29 is 9.50 Å². The molecule has 0 amide bonds. The molecule has 1 aromatic heterocycles. The van der Waals surface area contributed by atoms with Gasteiger partial charge in [-0.3, -0.25) is 0 Å². The maximum atomic E-state index is 13.8. The molecule has 0 radical (unpaired) electrons. The van der Waals surface area contributed by atoms with E-state index in [1.165, 1.54) is 17.4 Å². The number of benzene rings is 1. The van der Waals surface area contributed by atoms with Crippen molar-refractivity contribution in [2.24, 2.45) is 0 Å². The lowest BCUT2D eigenvalue weighted by molar-refractivity contribution is 0.283. The maximum Gasteiger partial charge on any atom is 0.190 e. The minimum atomic E-state index is -0.281. The molecule has 0 atom stereocenters. The predicted octanol–water partition coefficient (Wildman–Crippen LogP) is 3.67. The third-order valence-electron chi connectivity index (χ3n) is 2.91. The highest BCUT2D eigenvalue weighted by Crippen LogP contribution is 2.34. The second-order valence-corrected chi connectivity index (χ2v) is 5.69. The average molecular weight is 280 g/mol. The van der Waals surface area contributed by atoms with Gasteiger partial charge in [-0.25, -0.2) is 9.37 Å². The molecule has 5 heteroatoms. The van der Waals surface area contributed by atoms with Gasteiger partial charge in [0.25, 0.3) is 0 Å². The Labute approximate surface area is 116 Å². The Morgan fingerprint density at radius 1 is 1.37 bits per heavy atom. The Morgan fingerprint density at radius 2 is 2.05 bits per heavy atom. The minimum absolute atomic E-state index is 0.0315. The quantitative estimate of drug-likeness (QED) is 0.928. The summed E-state index contributed by atoms with van der Waals surface area (Å²) < 4.78 is 13.8. The van der Waals surface area contributed by atoms with Gasteiger partial charge < -0.3 is 10.0 Å². The van der Waals surface area contributed by atoms with Crippen LogP contribution in [0.3, 0.4) is 0 Å². The van der Waals surface area contributed by atoms with Crippen LogP contribution in [0.2, 0.25) is 0 Å². The van der Waals surface area contributed by atoms with Crippen molar-refractivity contribution in [3.8, 4) is 0 Å². The maximum absolute atomic E-state index is 13.8. The lowest BCUT2D eigenvalue weighted by Gasteiger charge is -2.16. The minimum Gasteiger partial charge on any atom is -0.391 e. The number of nitrogens with zero attached hydrogens (tertiary/aromatic N) is 2. The number of halogens is 1. The second-order valence-electron chi connectivity index (χ2n) is 4.63. The number of aromatic nitrogens is 1. The van der Waals surface area contributed by atoms with E-state index in [1.807, 2.05) is 13.8 Å². The van der Waals surface area contributed by atoms with Gasteiger partial charge in [-0.1, -0.05) is 37.3 Å². The van der Waals surface area contributed by atoms with Gasteiger partial charge in [-0.05, 0) is 18.1 Å². The van der Waals surface area contributed by atoms with Crippen molar-refractivity contribution in [2.75, 3.05) is 11.9 Å². The Hall–Kier alpha value is -1.46. The molecule has 0 saturated heterocycles. The average Bonchev–Trinajstić information content (AvgIpc) is 2.83. The van der Waals surface area contributed by atoms with Crippen LogP contribution >= 0.6 is 11.3 Å². The fourth-order valence-corrected chi connectivity index (χ4v) is 2.94. The van der Waals surface area contributed by atoms with Crippen molar-refractivity contribution >= 4 is 22.2 Å². The Balaban J connectivity index is 2.39. The third-order valence-corrected chi connectivity index (χ3v) is 4.04. The molecule has 0 aliphatic carbocycles. The van der Waals surface area contributed by atoms with Crippen molar-refractivity contribution in [1.29, 1.82) is 0 Å². The van der Waals surface area contributed by atoms with Crippen molar-refractivity contribution in [3.05, 3.63) is 40.7 Å². The summed E-state index contributed by atoms with van der Waals surface area (Å²) in [6.45, 7) is 4.03. The SMILES string of the molecule is CC(C)c1nc(N(C)c2ccccc2F)sc1CO. The zero-order chi connectivity index (χ0) is 14.0. The summed E-state index contributed by atoms with van der Waals surface area (Å²) in [4.78, 5) is 7.07. The van der Waals surface area contributed by atoms with Crippen LogP contribution in [0.4, 0.5) is 15.2 Å². The number of aliphatic hydroxyl groups excluding tert-OH is 1. The predicted molar refractivity (Wildman–Crippen MR) is 76.6 cm³/mol. The van der Waals surface area contributed by atoms with Crippen LogP contribution in [0.1, 0.15) is 30.3 Å². The molecule has 3 nitrogen and oxygen atoms in total. The highest BCUT2D eigenvalue weighted by atomic mass is 32.1. The monoisotopic (exact) mass is 280 g/mol. The van der Waals surface area contributed by atoms with E-state index in [0.29, 0.717) is 10.8 Å². The lowest BCUT2D eigenvalue weighted by Crippen LogP contribution is -2.11. The van der Waals surface area contributed by atoms with E-state index >= 15 is 0 Å². The Bertz CT molecular complexity index is 568. The number of hydrogen-bond acceptors (Lipinski definition) is 4. The zero-order valence-corrected chi connectivity index (χ0v) is 12.0. The Morgan fingerprint density at radius 3 is 2.58 bits per heavy atom. The fourth-order valence-electron chi connectivity index (χ4n) is 1.89. The Kier molecular flexibility index (Phi) is 4.17. The fraction of sp³-hybridized carbons (Fsp3) is 0.357. The highest BCUT2D eigenvalue weighted by molar-refractivity contribution is 7.15. The summed E-state index contributed by atoms with van der Waals surface area (Å²) >= 11 is 1.40. The highest BCUT2D eigenvalue weighted by Gasteiger charge is 2.18. The number of rotatable bonds is 4. The summed E-state index contributed by atoms with van der Waals surface area (Å²) in [5.74, 6) is -0.0435. The molecule has 19 heavy (non-hydrogen) atoms. The molecule has 2 rings (SSSR count). The van der Waals surface area contributed by atoms with E-state index in [2.05, 4.69) is 4.98 Å². The van der Waals surface area contributed by atoms with Crippen LogP contribution in [0, 0.1) is 5.82 Å². The van der Waals surface area contributed by atoms with Gasteiger partial charge in [0.05, 0.1) is 22.9 Å². The van der Waals surface area contributed by atoms with Crippen molar-refractivity contribution in [2.45, 2.75) is 26.4 Å². The molecule has 0 aliphatic rings. The molecule has 2 aromatic rings. The smallest absolute Gasteiger partial charge is 0.190 e. The number of thiazole rings is 1. The van der Waals surface area contributed by atoms with E-state index < -0.39 is 0 Å². The summed E-state index contributed by atoms with van der Waals surface area (Å²) in [5.41, 5.74) is 1.36. The van der Waals surface area contributed by atoms with Crippen molar-refractivity contribution in [3.63, 3.8) is 0 Å². The van der Waals surface area contributed by atoms with Gasteiger partial charge in [0.15, 0.2) is 5.13 Å². The summed E-state index contributed by atoms with van der Waals surface area (Å²) in [7, 11) is 1.78. The first-order valence-electron chi connectivity index (χ1n) is 6.13. The van der Waals surface area contributed by atoms with Crippen molar-refractivity contribution in [1.82, 2.24) is 4.98 Å². The van der Waals surface area contributed by atoms with Gasteiger partial charge in [0, 0.05) is 7.05 Å². The van der Waals surface area contributed by atoms with Gasteiger partial charge in [0.2, 0.25) is 0 Å².